The largest absolute Gasteiger partial charge is 0.361 e. The second-order valence-corrected chi connectivity index (χ2v) is 9.92. The Balaban J connectivity index is 1.15. The third-order valence-electron chi connectivity index (χ3n) is 6.39. The van der Waals surface area contributed by atoms with Gasteiger partial charge in [-0.2, -0.15) is 0 Å². The molecule has 0 bridgehead atoms. The van der Waals surface area contributed by atoms with Crippen LogP contribution < -0.4 is 15.5 Å². The number of nitrogens with one attached hydrogen (secondary N) is 2. The minimum Gasteiger partial charge on any atom is -0.361 e. The number of imide groups is 1. The first kappa shape index (κ1) is 24.1. The maximum Gasteiger partial charge on any atom is 0.290 e. The van der Waals surface area contributed by atoms with Crippen LogP contribution in [-0.4, -0.2) is 50.9 Å². The Morgan fingerprint density at radius 2 is 2.03 bits per heavy atom. The van der Waals surface area contributed by atoms with Crippen LogP contribution in [0.2, 0.25) is 0 Å². The Morgan fingerprint density at radius 1 is 1.19 bits per heavy atom. The molecule has 3 aromatic rings. The number of amides is 2. The van der Waals surface area contributed by atoms with Crippen molar-refractivity contribution >= 4 is 34.9 Å². The van der Waals surface area contributed by atoms with Crippen molar-refractivity contribution in [1.29, 1.82) is 0 Å². The van der Waals surface area contributed by atoms with Crippen LogP contribution >= 0.6 is 11.8 Å². The molecule has 0 atom stereocenters. The molecule has 5 rings (SSSR count). The molecule has 0 unspecified atom stereocenters. The van der Waals surface area contributed by atoms with Gasteiger partial charge in [0.2, 0.25) is 5.95 Å². The minimum atomic E-state index is -0.386. The van der Waals surface area contributed by atoms with Crippen LogP contribution in [0.3, 0.4) is 0 Å². The molecule has 10 nitrogen and oxygen atoms in total. The Kier molecular flexibility index (Phi) is 7.10. The maximum absolute atomic E-state index is 11.8. The summed E-state index contributed by atoms with van der Waals surface area (Å²) in [6.07, 6.45) is 7.17. The van der Waals surface area contributed by atoms with E-state index < -0.39 is 0 Å². The van der Waals surface area contributed by atoms with Gasteiger partial charge in [0, 0.05) is 32.0 Å². The van der Waals surface area contributed by atoms with E-state index in [4.69, 9.17) is 4.52 Å². The fourth-order valence-electron chi connectivity index (χ4n) is 4.53. The lowest BCUT2D eigenvalue weighted by Crippen LogP contribution is -2.38. The first-order valence-corrected chi connectivity index (χ1v) is 12.7. The zero-order chi connectivity index (χ0) is 25.1. The van der Waals surface area contributed by atoms with Crippen LogP contribution in [-0.2, 0) is 11.3 Å². The van der Waals surface area contributed by atoms with E-state index in [9.17, 15) is 9.59 Å². The summed E-state index contributed by atoms with van der Waals surface area (Å²) in [4.78, 5) is 39.3. The smallest absolute Gasteiger partial charge is 0.290 e. The van der Waals surface area contributed by atoms with Crippen LogP contribution in [0.1, 0.15) is 35.6 Å². The zero-order valence-electron chi connectivity index (χ0n) is 20.2. The van der Waals surface area contributed by atoms with Gasteiger partial charge in [-0.05, 0) is 74.7 Å². The number of aromatic nitrogens is 4. The fraction of sp³-hybridized carbons (Fsp3) is 0.360. The number of hydrogen-bond donors (Lipinski definition) is 2. The lowest BCUT2D eigenvalue weighted by Gasteiger charge is -2.32. The van der Waals surface area contributed by atoms with Crippen LogP contribution in [0.4, 0.5) is 10.7 Å². The molecule has 2 saturated heterocycles. The Bertz CT molecular complexity index is 1290. The first-order valence-electron chi connectivity index (χ1n) is 11.9. The third kappa shape index (κ3) is 5.31. The molecule has 3 aromatic heterocycles. The number of carbonyl (C=O) groups is 2. The monoisotopic (exact) mass is 505 g/mol. The van der Waals surface area contributed by atoms with E-state index in [1.54, 1.807) is 24.5 Å². The molecule has 0 radical (unpaired) electrons. The number of pyridine rings is 1. The maximum atomic E-state index is 11.8. The molecule has 0 aromatic carbocycles. The highest BCUT2D eigenvalue weighted by atomic mass is 32.2. The summed E-state index contributed by atoms with van der Waals surface area (Å²) in [5.74, 6) is 1.59. The Hall–Kier alpha value is -3.57. The van der Waals surface area contributed by atoms with Gasteiger partial charge in [-0.15, -0.1) is 0 Å². The SMILES string of the molecule is Cc1noc(C)c1-c1ncccc1CNCC1CCN(c2nccc(C=C3SC(=O)NC3=O)n2)CC1. The molecule has 0 spiro atoms. The van der Waals surface area contributed by atoms with Crippen molar-refractivity contribution in [1.82, 2.24) is 30.7 Å². The van der Waals surface area contributed by atoms with Crippen LogP contribution in [0.25, 0.3) is 17.3 Å². The lowest BCUT2D eigenvalue weighted by atomic mass is 9.96. The normalized spacial score (nSPS) is 17.7. The molecule has 186 valence electrons. The molecular formula is C25H27N7O3S. The van der Waals surface area contributed by atoms with Gasteiger partial charge >= 0.3 is 0 Å². The van der Waals surface area contributed by atoms with Crippen molar-refractivity contribution in [3.8, 4) is 11.3 Å². The molecule has 11 heteroatoms. The summed E-state index contributed by atoms with van der Waals surface area (Å²) in [5.41, 5.74) is 4.47. The van der Waals surface area contributed by atoms with Gasteiger partial charge < -0.3 is 14.7 Å². The van der Waals surface area contributed by atoms with Crippen molar-refractivity contribution in [3.05, 3.63) is 58.2 Å². The summed E-state index contributed by atoms with van der Waals surface area (Å²) in [7, 11) is 0. The van der Waals surface area contributed by atoms with Gasteiger partial charge in [0.05, 0.1) is 27.6 Å². The van der Waals surface area contributed by atoms with Crippen LogP contribution in [0.5, 0.6) is 0 Å². The molecule has 0 aliphatic carbocycles. The number of rotatable bonds is 7. The predicted molar refractivity (Wildman–Crippen MR) is 137 cm³/mol. The van der Waals surface area contributed by atoms with Crippen molar-refractivity contribution in [2.75, 3.05) is 24.5 Å². The van der Waals surface area contributed by atoms with E-state index in [1.165, 1.54) is 0 Å². The van der Waals surface area contributed by atoms with Gasteiger partial charge in [0.1, 0.15) is 5.76 Å². The van der Waals surface area contributed by atoms with E-state index in [0.29, 0.717) is 22.5 Å². The topological polar surface area (TPSA) is 126 Å². The highest BCUT2D eigenvalue weighted by Gasteiger charge is 2.26. The summed E-state index contributed by atoms with van der Waals surface area (Å²) in [6, 6.07) is 5.78. The molecular weight excluding hydrogens is 478 g/mol. The Morgan fingerprint density at radius 3 is 2.75 bits per heavy atom. The van der Waals surface area contributed by atoms with Gasteiger partial charge in [-0.1, -0.05) is 11.2 Å². The molecule has 2 aliphatic rings. The van der Waals surface area contributed by atoms with Gasteiger partial charge in [-0.3, -0.25) is 19.9 Å². The zero-order valence-corrected chi connectivity index (χ0v) is 21.0. The fourth-order valence-corrected chi connectivity index (χ4v) is 5.19. The quantitative estimate of drug-likeness (QED) is 0.461. The summed E-state index contributed by atoms with van der Waals surface area (Å²) < 4.78 is 5.34. The third-order valence-corrected chi connectivity index (χ3v) is 7.20. The number of anilines is 1. The van der Waals surface area contributed by atoms with Crippen molar-refractivity contribution in [2.45, 2.75) is 33.2 Å². The van der Waals surface area contributed by atoms with Gasteiger partial charge in [0.15, 0.2) is 0 Å². The second kappa shape index (κ2) is 10.6. The van der Waals surface area contributed by atoms with Crippen LogP contribution in [0.15, 0.2) is 40.0 Å². The van der Waals surface area contributed by atoms with E-state index in [-0.39, 0.29) is 11.1 Å². The number of hydrogen-bond acceptors (Lipinski definition) is 10. The summed E-state index contributed by atoms with van der Waals surface area (Å²) in [5, 5.41) is 9.58. The first-order chi connectivity index (χ1) is 17.5. The molecule has 2 amide bonds. The molecule has 5 heterocycles. The number of piperidine rings is 1. The summed E-state index contributed by atoms with van der Waals surface area (Å²) in [6.45, 7) is 7.21. The second-order valence-electron chi connectivity index (χ2n) is 8.91. The van der Waals surface area contributed by atoms with Crippen molar-refractivity contribution < 1.29 is 14.1 Å². The standard InChI is InChI=1S/C25H27N7O3S/c1-15-21(16(2)35-31-15)22-18(4-3-8-27-22)14-26-13-17-6-10-32(11-7-17)24-28-9-5-19(29-24)12-20-23(33)30-25(34)36-20/h3-5,8-9,12,17,26H,6-7,10-11,13-14H2,1-2H3,(H,30,33,34). The van der Waals surface area contributed by atoms with Gasteiger partial charge in [-0.25, -0.2) is 9.97 Å². The van der Waals surface area contributed by atoms with Gasteiger partial charge in [0.25, 0.3) is 11.1 Å². The number of nitrogens with zero attached hydrogens (tertiary/aromatic N) is 5. The van der Waals surface area contributed by atoms with E-state index in [0.717, 1.165) is 79.1 Å². The molecule has 2 N–H and O–H groups in total. The van der Waals surface area contributed by atoms with E-state index in [1.807, 2.05) is 19.9 Å². The van der Waals surface area contributed by atoms with E-state index >= 15 is 0 Å². The van der Waals surface area contributed by atoms with Crippen LogP contribution in [0, 0.1) is 19.8 Å². The van der Waals surface area contributed by atoms with E-state index in [2.05, 4.69) is 41.7 Å². The molecule has 2 fully saturated rings. The predicted octanol–water partition coefficient (Wildman–Crippen LogP) is 3.47. The van der Waals surface area contributed by atoms with Crippen molar-refractivity contribution in [3.63, 3.8) is 0 Å². The molecule has 36 heavy (non-hydrogen) atoms. The highest BCUT2D eigenvalue weighted by Crippen LogP contribution is 2.28. The molecule has 0 saturated carbocycles. The Labute approximate surface area is 213 Å². The number of aryl methyl sites for hydroxylation is 2. The van der Waals surface area contributed by atoms with Crippen molar-refractivity contribution in [2.24, 2.45) is 5.92 Å². The average Bonchev–Trinajstić information content (AvgIpc) is 3.38. The summed E-state index contributed by atoms with van der Waals surface area (Å²) >= 11 is 0.886. The lowest BCUT2D eigenvalue weighted by molar-refractivity contribution is -0.115. The highest BCUT2D eigenvalue weighted by molar-refractivity contribution is 8.18. The minimum absolute atomic E-state index is 0.348. The number of carbonyl (C=O) groups excluding carboxylic acids is 2. The molecule has 2 aliphatic heterocycles. The number of thioether (sulfide) groups is 1. The average molecular weight is 506 g/mol.